The smallest absolute Gasteiger partial charge is 0.134 e. The Balaban J connectivity index is 1.97. The maximum atomic E-state index is 13.7. The lowest BCUT2D eigenvalue weighted by molar-refractivity contribution is 0.471. The van der Waals surface area contributed by atoms with E-state index in [4.69, 9.17) is 9.15 Å². The van der Waals surface area contributed by atoms with Gasteiger partial charge in [-0.1, -0.05) is 0 Å². The summed E-state index contributed by atoms with van der Waals surface area (Å²) in [5, 5.41) is 3.99. The molecule has 0 fully saturated rings. The Labute approximate surface area is 122 Å². The summed E-state index contributed by atoms with van der Waals surface area (Å²) in [7, 11) is 1.82. The van der Waals surface area contributed by atoms with Gasteiger partial charge in [-0.2, -0.15) is 0 Å². The van der Waals surface area contributed by atoms with Crippen molar-refractivity contribution in [3.63, 3.8) is 0 Å². The predicted octanol–water partition coefficient (Wildman–Crippen LogP) is 4.39. The van der Waals surface area contributed by atoms with Gasteiger partial charge in [-0.05, 0) is 55.9 Å². The average molecular weight is 285 g/mol. The van der Waals surface area contributed by atoms with E-state index >= 15 is 0 Å². The number of hydrogen-bond acceptors (Lipinski definition) is 3. The van der Waals surface area contributed by atoms with Crippen molar-refractivity contribution in [2.75, 3.05) is 7.05 Å². The number of rotatable bonds is 4. The molecular formula is C17H16FNO2. The lowest BCUT2D eigenvalue weighted by Crippen LogP contribution is -2.07. The van der Waals surface area contributed by atoms with Gasteiger partial charge in [-0.3, -0.25) is 0 Å². The maximum absolute atomic E-state index is 13.7. The zero-order valence-corrected chi connectivity index (χ0v) is 11.9. The second-order valence-corrected chi connectivity index (χ2v) is 4.96. The Kier molecular flexibility index (Phi) is 3.62. The van der Waals surface area contributed by atoms with Gasteiger partial charge in [0.15, 0.2) is 0 Å². The van der Waals surface area contributed by atoms with Crippen LogP contribution in [0.2, 0.25) is 0 Å². The summed E-state index contributed by atoms with van der Waals surface area (Å²) < 4.78 is 24.9. The number of aryl methyl sites for hydroxylation is 1. The highest BCUT2D eigenvalue weighted by Gasteiger charge is 2.10. The highest BCUT2D eigenvalue weighted by molar-refractivity contribution is 5.78. The lowest BCUT2D eigenvalue weighted by Gasteiger charge is -2.12. The molecule has 0 atom stereocenters. The van der Waals surface area contributed by atoms with Gasteiger partial charge >= 0.3 is 0 Å². The quantitative estimate of drug-likeness (QED) is 0.772. The first-order valence-corrected chi connectivity index (χ1v) is 6.76. The molecular weight excluding hydrogens is 269 g/mol. The van der Waals surface area contributed by atoms with E-state index in [1.807, 2.05) is 31.3 Å². The van der Waals surface area contributed by atoms with E-state index in [0.29, 0.717) is 23.6 Å². The fourth-order valence-corrected chi connectivity index (χ4v) is 2.26. The van der Waals surface area contributed by atoms with Gasteiger partial charge in [0.05, 0.1) is 6.26 Å². The fraction of sp³-hybridized carbons (Fsp3) is 0.176. The standard InChI is InChI=1S/C17H16FNO2/c1-11-7-17(13(10-19-2)9-15(11)18)21-14-3-4-16-12(8-14)5-6-20-16/h3-9,19H,10H2,1-2H3. The molecule has 21 heavy (non-hydrogen) atoms. The molecule has 0 bridgehead atoms. The van der Waals surface area contributed by atoms with Gasteiger partial charge in [-0.15, -0.1) is 0 Å². The SMILES string of the molecule is CNCc1cc(F)c(C)cc1Oc1ccc2occc2c1. The Morgan fingerprint density at radius 1 is 1.19 bits per heavy atom. The molecule has 1 aromatic heterocycles. The predicted molar refractivity (Wildman–Crippen MR) is 80.2 cm³/mol. The molecule has 1 heterocycles. The zero-order chi connectivity index (χ0) is 14.8. The van der Waals surface area contributed by atoms with Crippen molar-refractivity contribution in [1.82, 2.24) is 5.32 Å². The van der Waals surface area contributed by atoms with E-state index in [2.05, 4.69) is 5.32 Å². The van der Waals surface area contributed by atoms with Crippen molar-refractivity contribution in [3.8, 4) is 11.5 Å². The minimum absolute atomic E-state index is 0.224. The number of ether oxygens (including phenoxy) is 1. The van der Waals surface area contributed by atoms with Gasteiger partial charge in [0.1, 0.15) is 22.9 Å². The molecule has 0 saturated carbocycles. The van der Waals surface area contributed by atoms with Gasteiger partial charge < -0.3 is 14.5 Å². The topological polar surface area (TPSA) is 34.4 Å². The minimum atomic E-state index is -0.224. The molecule has 0 aliphatic heterocycles. The van der Waals surface area contributed by atoms with Gasteiger partial charge in [0.2, 0.25) is 0 Å². The van der Waals surface area contributed by atoms with Crippen molar-refractivity contribution in [1.29, 1.82) is 0 Å². The summed E-state index contributed by atoms with van der Waals surface area (Å²) in [5.74, 6) is 1.14. The van der Waals surface area contributed by atoms with Crippen LogP contribution >= 0.6 is 0 Å². The van der Waals surface area contributed by atoms with Crippen LogP contribution in [0, 0.1) is 12.7 Å². The van der Waals surface area contributed by atoms with Crippen LogP contribution < -0.4 is 10.1 Å². The number of benzene rings is 2. The summed E-state index contributed by atoms with van der Waals surface area (Å²) in [6, 6.07) is 10.7. The molecule has 0 aliphatic carbocycles. The summed E-state index contributed by atoms with van der Waals surface area (Å²) in [6.45, 7) is 2.27. The number of fused-ring (bicyclic) bond motifs is 1. The minimum Gasteiger partial charge on any atom is -0.464 e. The molecule has 0 radical (unpaired) electrons. The van der Waals surface area contributed by atoms with Gasteiger partial charge in [0, 0.05) is 17.5 Å². The van der Waals surface area contributed by atoms with E-state index in [-0.39, 0.29) is 5.82 Å². The molecule has 3 aromatic rings. The Morgan fingerprint density at radius 2 is 2.05 bits per heavy atom. The van der Waals surface area contributed by atoms with Crippen LogP contribution in [0.15, 0.2) is 47.1 Å². The highest BCUT2D eigenvalue weighted by atomic mass is 19.1. The third-order valence-corrected chi connectivity index (χ3v) is 3.36. The third kappa shape index (κ3) is 2.76. The fourth-order valence-electron chi connectivity index (χ4n) is 2.26. The normalized spacial score (nSPS) is 11.0. The maximum Gasteiger partial charge on any atom is 0.134 e. The molecule has 108 valence electrons. The molecule has 3 rings (SSSR count). The number of halogens is 1. The average Bonchev–Trinajstić information content (AvgIpc) is 2.92. The molecule has 1 N–H and O–H groups in total. The van der Waals surface area contributed by atoms with Crippen molar-refractivity contribution in [2.24, 2.45) is 0 Å². The Morgan fingerprint density at radius 3 is 2.86 bits per heavy atom. The van der Waals surface area contributed by atoms with Crippen LogP contribution in [0.5, 0.6) is 11.5 Å². The zero-order valence-electron chi connectivity index (χ0n) is 11.9. The summed E-state index contributed by atoms with van der Waals surface area (Å²) in [4.78, 5) is 0. The Hall–Kier alpha value is -2.33. The van der Waals surface area contributed by atoms with Crippen molar-refractivity contribution in [2.45, 2.75) is 13.5 Å². The van der Waals surface area contributed by atoms with E-state index in [1.165, 1.54) is 6.07 Å². The highest BCUT2D eigenvalue weighted by Crippen LogP contribution is 2.30. The second kappa shape index (κ2) is 5.58. The molecule has 2 aromatic carbocycles. The van der Waals surface area contributed by atoms with E-state index in [9.17, 15) is 4.39 Å². The van der Waals surface area contributed by atoms with Crippen LogP contribution in [0.4, 0.5) is 4.39 Å². The first kappa shape index (κ1) is 13.6. The molecule has 0 spiro atoms. The van der Waals surface area contributed by atoms with E-state index in [1.54, 1.807) is 19.3 Å². The van der Waals surface area contributed by atoms with E-state index < -0.39 is 0 Å². The van der Waals surface area contributed by atoms with Gasteiger partial charge in [-0.25, -0.2) is 4.39 Å². The molecule has 4 heteroatoms. The Bertz CT molecular complexity index is 780. The number of furan rings is 1. The molecule has 0 saturated heterocycles. The van der Waals surface area contributed by atoms with Crippen LogP contribution in [0.3, 0.4) is 0 Å². The molecule has 0 aliphatic rings. The summed E-state index contributed by atoms with van der Waals surface area (Å²) >= 11 is 0. The number of hydrogen-bond donors (Lipinski definition) is 1. The van der Waals surface area contributed by atoms with Crippen molar-refractivity contribution >= 4 is 11.0 Å². The first-order chi connectivity index (χ1) is 10.2. The molecule has 0 unspecified atom stereocenters. The molecule has 3 nitrogen and oxygen atoms in total. The third-order valence-electron chi connectivity index (χ3n) is 3.36. The van der Waals surface area contributed by atoms with Crippen molar-refractivity contribution in [3.05, 3.63) is 59.6 Å². The largest absolute Gasteiger partial charge is 0.464 e. The van der Waals surface area contributed by atoms with Gasteiger partial charge in [0.25, 0.3) is 0 Å². The van der Waals surface area contributed by atoms with Crippen LogP contribution in [-0.2, 0) is 6.54 Å². The van der Waals surface area contributed by atoms with Crippen LogP contribution in [0.25, 0.3) is 11.0 Å². The van der Waals surface area contributed by atoms with E-state index in [0.717, 1.165) is 16.5 Å². The number of nitrogens with one attached hydrogen (secondary N) is 1. The summed E-state index contributed by atoms with van der Waals surface area (Å²) in [6.07, 6.45) is 1.64. The van der Waals surface area contributed by atoms with Crippen molar-refractivity contribution < 1.29 is 13.5 Å². The summed E-state index contributed by atoms with van der Waals surface area (Å²) in [5.41, 5.74) is 2.16. The van der Waals surface area contributed by atoms with Crippen LogP contribution in [-0.4, -0.2) is 7.05 Å². The van der Waals surface area contributed by atoms with Crippen LogP contribution in [0.1, 0.15) is 11.1 Å². The lowest BCUT2D eigenvalue weighted by atomic mass is 10.1. The molecule has 0 amide bonds. The monoisotopic (exact) mass is 285 g/mol. The first-order valence-electron chi connectivity index (χ1n) is 6.76. The second-order valence-electron chi connectivity index (χ2n) is 4.96.